The minimum Gasteiger partial charge on any atom is -0.394 e. The van der Waals surface area contributed by atoms with Crippen LogP contribution in [-0.2, 0) is 5.41 Å². The van der Waals surface area contributed by atoms with Crippen LogP contribution in [0.15, 0.2) is 0 Å². The highest BCUT2D eigenvalue weighted by Gasteiger charge is 2.25. The standard InChI is InChI=1S/C10H19N3O2S/c1-9(2,3)7-11-8(16-13-7)12-10(4,5-14)6-15/h14-15H,5-6H2,1-4H3,(H,11,12,13). The summed E-state index contributed by atoms with van der Waals surface area (Å²) in [4.78, 5) is 4.34. The molecule has 0 spiro atoms. The van der Waals surface area contributed by atoms with Crippen LogP contribution in [-0.4, -0.2) is 38.3 Å². The van der Waals surface area contributed by atoms with Gasteiger partial charge in [-0.15, -0.1) is 0 Å². The van der Waals surface area contributed by atoms with Gasteiger partial charge in [0.05, 0.1) is 18.8 Å². The van der Waals surface area contributed by atoms with Crippen molar-refractivity contribution < 1.29 is 10.2 Å². The third-order valence-electron chi connectivity index (χ3n) is 2.20. The van der Waals surface area contributed by atoms with E-state index < -0.39 is 5.54 Å². The molecule has 1 aromatic rings. The summed E-state index contributed by atoms with van der Waals surface area (Å²) in [5, 5.41) is 21.9. The van der Waals surface area contributed by atoms with Crippen molar-refractivity contribution >= 4 is 16.7 Å². The lowest BCUT2D eigenvalue weighted by Crippen LogP contribution is -2.42. The Morgan fingerprint density at radius 2 is 1.75 bits per heavy atom. The summed E-state index contributed by atoms with van der Waals surface area (Å²) < 4.78 is 4.25. The number of nitrogens with zero attached hydrogens (tertiary/aromatic N) is 2. The molecule has 3 N–H and O–H groups in total. The first-order valence-corrected chi connectivity index (χ1v) is 5.92. The molecule has 0 fully saturated rings. The van der Waals surface area contributed by atoms with E-state index in [-0.39, 0.29) is 18.6 Å². The van der Waals surface area contributed by atoms with Crippen LogP contribution in [0.25, 0.3) is 0 Å². The normalized spacial score (nSPS) is 12.9. The Balaban J connectivity index is 2.80. The zero-order chi connectivity index (χ0) is 12.4. The molecular weight excluding hydrogens is 226 g/mol. The van der Waals surface area contributed by atoms with E-state index in [1.54, 1.807) is 6.92 Å². The number of aliphatic hydroxyl groups is 2. The molecule has 0 aliphatic rings. The fourth-order valence-corrected chi connectivity index (χ4v) is 1.87. The third-order valence-corrected chi connectivity index (χ3v) is 2.83. The van der Waals surface area contributed by atoms with Crippen molar-refractivity contribution in [3.05, 3.63) is 5.82 Å². The second kappa shape index (κ2) is 4.65. The monoisotopic (exact) mass is 245 g/mol. The summed E-state index contributed by atoms with van der Waals surface area (Å²) in [5.74, 6) is 0.762. The van der Waals surface area contributed by atoms with Gasteiger partial charge in [0, 0.05) is 16.9 Å². The number of anilines is 1. The zero-order valence-electron chi connectivity index (χ0n) is 10.1. The molecule has 6 heteroatoms. The largest absolute Gasteiger partial charge is 0.394 e. The van der Waals surface area contributed by atoms with Gasteiger partial charge in [-0.25, -0.2) is 4.98 Å². The van der Waals surface area contributed by atoms with Crippen LogP contribution in [0.3, 0.4) is 0 Å². The minimum atomic E-state index is -0.755. The lowest BCUT2D eigenvalue weighted by atomic mass is 9.96. The first-order chi connectivity index (χ1) is 7.30. The van der Waals surface area contributed by atoms with Crippen LogP contribution in [0, 0.1) is 0 Å². The third kappa shape index (κ3) is 3.13. The molecule has 0 amide bonds. The highest BCUT2D eigenvalue weighted by molar-refractivity contribution is 7.09. The minimum absolute atomic E-state index is 0.0920. The molecule has 0 aliphatic heterocycles. The van der Waals surface area contributed by atoms with Gasteiger partial charge in [0.2, 0.25) is 5.13 Å². The Morgan fingerprint density at radius 3 is 2.12 bits per heavy atom. The quantitative estimate of drug-likeness (QED) is 0.737. The molecule has 16 heavy (non-hydrogen) atoms. The molecule has 0 unspecified atom stereocenters. The van der Waals surface area contributed by atoms with Crippen LogP contribution in [0.4, 0.5) is 5.13 Å². The van der Waals surface area contributed by atoms with Crippen molar-refractivity contribution in [2.45, 2.75) is 38.6 Å². The van der Waals surface area contributed by atoms with E-state index in [0.29, 0.717) is 5.13 Å². The van der Waals surface area contributed by atoms with E-state index in [1.165, 1.54) is 11.5 Å². The molecule has 92 valence electrons. The Morgan fingerprint density at radius 1 is 1.19 bits per heavy atom. The molecule has 0 aromatic carbocycles. The summed E-state index contributed by atoms with van der Waals surface area (Å²) in [7, 11) is 0. The van der Waals surface area contributed by atoms with Gasteiger partial charge >= 0.3 is 0 Å². The molecule has 0 bridgehead atoms. The summed E-state index contributed by atoms with van der Waals surface area (Å²) in [6.45, 7) is 7.52. The summed E-state index contributed by atoms with van der Waals surface area (Å²) in [6.07, 6.45) is 0. The van der Waals surface area contributed by atoms with Crippen LogP contribution >= 0.6 is 11.5 Å². The number of hydrogen-bond donors (Lipinski definition) is 3. The van der Waals surface area contributed by atoms with Crippen molar-refractivity contribution in [3.63, 3.8) is 0 Å². The summed E-state index contributed by atoms with van der Waals surface area (Å²) >= 11 is 1.24. The van der Waals surface area contributed by atoms with Crippen LogP contribution in [0.1, 0.15) is 33.5 Å². The van der Waals surface area contributed by atoms with Crippen molar-refractivity contribution in [1.29, 1.82) is 0 Å². The topological polar surface area (TPSA) is 78.3 Å². The Bertz CT molecular complexity index is 342. The molecule has 0 radical (unpaired) electrons. The van der Waals surface area contributed by atoms with E-state index in [0.717, 1.165) is 5.82 Å². The fraction of sp³-hybridized carbons (Fsp3) is 0.800. The van der Waals surface area contributed by atoms with Crippen molar-refractivity contribution in [2.24, 2.45) is 0 Å². The number of rotatable bonds is 4. The van der Waals surface area contributed by atoms with Crippen LogP contribution < -0.4 is 5.32 Å². The van der Waals surface area contributed by atoms with Gasteiger partial charge in [-0.3, -0.25) is 0 Å². The van der Waals surface area contributed by atoms with Crippen molar-refractivity contribution in [1.82, 2.24) is 9.36 Å². The predicted molar refractivity (Wildman–Crippen MR) is 64.8 cm³/mol. The fourth-order valence-electron chi connectivity index (χ4n) is 0.966. The van der Waals surface area contributed by atoms with Gasteiger partial charge in [-0.05, 0) is 6.92 Å². The molecule has 0 atom stereocenters. The van der Waals surface area contributed by atoms with Gasteiger partial charge in [-0.1, -0.05) is 20.8 Å². The summed E-state index contributed by atoms with van der Waals surface area (Å²) in [5.41, 5.74) is -0.847. The molecular formula is C10H19N3O2S. The van der Waals surface area contributed by atoms with Crippen LogP contribution in [0.5, 0.6) is 0 Å². The highest BCUT2D eigenvalue weighted by Crippen LogP contribution is 2.24. The number of aromatic nitrogens is 2. The van der Waals surface area contributed by atoms with Crippen molar-refractivity contribution in [3.8, 4) is 0 Å². The molecule has 5 nitrogen and oxygen atoms in total. The smallest absolute Gasteiger partial charge is 0.203 e. The van der Waals surface area contributed by atoms with Gasteiger partial charge in [-0.2, -0.15) is 4.37 Å². The SMILES string of the molecule is CC(CO)(CO)Nc1nc(C(C)(C)C)ns1. The first-order valence-electron chi connectivity index (χ1n) is 5.15. The number of aliphatic hydroxyl groups excluding tert-OH is 2. The maximum Gasteiger partial charge on any atom is 0.203 e. The van der Waals surface area contributed by atoms with E-state index >= 15 is 0 Å². The Labute approximate surface area is 99.7 Å². The average molecular weight is 245 g/mol. The maximum absolute atomic E-state index is 9.15. The van der Waals surface area contributed by atoms with Gasteiger partial charge in [0.15, 0.2) is 0 Å². The molecule has 1 aromatic heterocycles. The van der Waals surface area contributed by atoms with E-state index in [2.05, 4.69) is 14.7 Å². The molecule has 1 rings (SSSR count). The van der Waals surface area contributed by atoms with Gasteiger partial charge in [0.25, 0.3) is 0 Å². The maximum atomic E-state index is 9.15. The Kier molecular flexibility index (Phi) is 3.88. The number of hydrogen-bond acceptors (Lipinski definition) is 6. The van der Waals surface area contributed by atoms with Gasteiger partial charge < -0.3 is 15.5 Å². The molecule has 0 saturated heterocycles. The van der Waals surface area contributed by atoms with E-state index in [9.17, 15) is 0 Å². The lowest BCUT2D eigenvalue weighted by Gasteiger charge is -2.25. The van der Waals surface area contributed by atoms with E-state index in [4.69, 9.17) is 10.2 Å². The number of nitrogens with one attached hydrogen (secondary N) is 1. The summed E-state index contributed by atoms with van der Waals surface area (Å²) in [6, 6.07) is 0. The van der Waals surface area contributed by atoms with E-state index in [1.807, 2.05) is 20.8 Å². The molecule has 1 heterocycles. The predicted octanol–water partition coefficient (Wildman–Crippen LogP) is 0.991. The van der Waals surface area contributed by atoms with Crippen LogP contribution in [0.2, 0.25) is 0 Å². The first kappa shape index (κ1) is 13.3. The second-order valence-corrected chi connectivity index (χ2v) is 5.93. The lowest BCUT2D eigenvalue weighted by molar-refractivity contribution is 0.147. The zero-order valence-corrected chi connectivity index (χ0v) is 10.9. The molecule has 0 saturated carbocycles. The second-order valence-electron chi connectivity index (χ2n) is 5.18. The molecule has 0 aliphatic carbocycles. The Hall–Kier alpha value is -0.720. The highest BCUT2D eigenvalue weighted by atomic mass is 32.1. The van der Waals surface area contributed by atoms with Crippen molar-refractivity contribution in [2.75, 3.05) is 18.5 Å². The van der Waals surface area contributed by atoms with Gasteiger partial charge in [0.1, 0.15) is 5.82 Å². The average Bonchev–Trinajstić information content (AvgIpc) is 2.65.